The molecule has 0 saturated carbocycles. The van der Waals surface area contributed by atoms with Crippen LogP contribution in [-0.4, -0.2) is 62.7 Å². The van der Waals surface area contributed by atoms with Crippen LogP contribution in [0.5, 0.6) is 5.75 Å². The Hall–Kier alpha value is -4.52. The number of nitrogens with one attached hydrogen (secondary N) is 1. The van der Waals surface area contributed by atoms with Crippen molar-refractivity contribution in [3.8, 4) is 5.75 Å². The van der Waals surface area contributed by atoms with Crippen molar-refractivity contribution in [3.05, 3.63) is 100 Å². The molecular weight excluding hydrogens is 649 g/mol. The fraction of sp³-hybridized carbons (Fsp3) is 0.395. The number of hydrogen-bond donors (Lipinski definition) is 3. The molecule has 6 rings (SSSR count). The van der Waals surface area contributed by atoms with Crippen molar-refractivity contribution in [2.75, 3.05) is 48.4 Å². The van der Waals surface area contributed by atoms with Crippen LogP contribution in [0.25, 0.3) is 0 Å². The molecule has 2 aliphatic rings. The van der Waals surface area contributed by atoms with E-state index in [-0.39, 0.29) is 11.8 Å². The van der Waals surface area contributed by atoms with Gasteiger partial charge in [0.05, 0.1) is 21.8 Å². The fourth-order valence-corrected chi connectivity index (χ4v) is 8.24. The highest BCUT2D eigenvalue weighted by Gasteiger charge is 2.36. The number of nitrogen functional groups attached to an aromatic ring is 1. The monoisotopic (exact) mass is 696 g/mol. The lowest BCUT2D eigenvalue weighted by molar-refractivity contribution is 0.0905. The number of hydrogen-bond acceptors (Lipinski definition) is 9. The van der Waals surface area contributed by atoms with Crippen LogP contribution in [0.1, 0.15) is 77.7 Å². The summed E-state index contributed by atoms with van der Waals surface area (Å²) in [7, 11) is -1.39. The molecular formula is C38H48N8O3S. The predicted octanol–water partition coefficient (Wildman–Crippen LogP) is 5.23. The number of amides is 1. The second kappa shape index (κ2) is 14.8. The molecule has 264 valence electrons. The minimum absolute atomic E-state index is 0.264. The Morgan fingerprint density at radius 3 is 2.50 bits per heavy atom. The van der Waals surface area contributed by atoms with Crippen LogP contribution in [0.2, 0.25) is 0 Å². The molecule has 3 aromatic carbocycles. The highest BCUT2D eigenvalue weighted by Crippen LogP contribution is 2.41. The number of rotatable bonds is 10. The summed E-state index contributed by atoms with van der Waals surface area (Å²) in [6.07, 6.45) is 5.44. The zero-order valence-electron chi connectivity index (χ0n) is 29.6. The van der Waals surface area contributed by atoms with E-state index >= 15 is 0 Å². The SMILES string of the molecule is CCN(N)c1ccc(C(c2ccc(C)c(CN3CCOc4ccccc4S3=O)c2)C(C)(C)NC(=O)c2cnc(N3CCCC3)nc2)c(C)c1N. The van der Waals surface area contributed by atoms with Gasteiger partial charge in [-0.1, -0.05) is 36.4 Å². The molecule has 11 nitrogen and oxygen atoms in total. The second-order valence-corrected chi connectivity index (χ2v) is 15.1. The van der Waals surface area contributed by atoms with Gasteiger partial charge in [0.25, 0.3) is 5.91 Å². The quantitative estimate of drug-likeness (QED) is 0.115. The van der Waals surface area contributed by atoms with Gasteiger partial charge in [0.15, 0.2) is 0 Å². The molecule has 0 aliphatic carbocycles. The lowest BCUT2D eigenvalue weighted by atomic mass is 9.74. The van der Waals surface area contributed by atoms with Gasteiger partial charge < -0.3 is 25.7 Å². The van der Waals surface area contributed by atoms with Crippen molar-refractivity contribution in [1.82, 2.24) is 19.6 Å². The molecule has 1 amide bonds. The molecule has 2 aliphatic heterocycles. The third-order valence-electron chi connectivity index (χ3n) is 9.86. The number of carbonyl (C=O) groups excluding carboxylic acids is 1. The number of para-hydroxylation sites is 1. The average Bonchev–Trinajstić information content (AvgIpc) is 3.61. The molecule has 12 heteroatoms. The number of benzene rings is 3. The standard InChI is InChI=1S/C38H48N8O3S/c1-6-46(40)31-16-15-30(26(3)35(31)39)34(38(4,5)43-36(47)29-22-41-37(42-23-29)44-17-9-10-18-44)27-14-13-25(2)28(21-27)24-45-19-20-49-32-11-7-8-12-33(32)50(45)48/h7-8,11-16,21-23,34H,6,9-10,17-20,24,39-40H2,1-5H3,(H,43,47). The summed E-state index contributed by atoms with van der Waals surface area (Å²) in [5.74, 6) is 7.01. The van der Waals surface area contributed by atoms with E-state index in [1.807, 2.05) is 62.3 Å². The van der Waals surface area contributed by atoms with Crippen LogP contribution >= 0.6 is 0 Å². The van der Waals surface area contributed by atoms with E-state index in [4.69, 9.17) is 16.3 Å². The number of anilines is 3. The fourth-order valence-electron chi connectivity index (χ4n) is 6.97. The largest absolute Gasteiger partial charge is 0.491 e. The first kappa shape index (κ1) is 35.3. The Balaban J connectivity index is 1.36. The third kappa shape index (κ3) is 7.19. The van der Waals surface area contributed by atoms with Gasteiger partial charge in [-0.05, 0) is 93.5 Å². The molecule has 0 spiro atoms. The molecule has 0 radical (unpaired) electrons. The highest BCUT2D eigenvalue weighted by molar-refractivity contribution is 7.82. The number of nitrogens with zero attached hydrogens (tertiary/aromatic N) is 5. The van der Waals surface area contributed by atoms with E-state index < -0.39 is 16.5 Å². The van der Waals surface area contributed by atoms with E-state index in [9.17, 15) is 9.00 Å². The van der Waals surface area contributed by atoms with Crippen molar-refractivity contribution < 1.29 is 13.7 Å². The van der Waals surface area contributed by atoms with Crippen molar-refractivity contribution in [2.24, 2.45) is 5.84 Å². The predicted molar refractivity (Wildman–Crippen MR) is 200 cm³/mol. The topological polar surface area (TPSA) is 143 Å². The molecule has 3 heterocycles. The summed E-state index contributed by atoms with van der Waals surface area (Å²) in [6, 6.07) is 17.9. The summed E-state index contributed by atoms with van der Waals surface area (Å²) in [5.41, 5.74) is 12.6. The summed E-state index contributed by atoms with van der Waals surface area (Å²) < 4.78 is 21.7. The smallest absolute Gasteiger partial charge is 0.254 e. The van der Waals surface area contributed by atoms with E-state index in [1.165, 1.54) is 0 Å². The van der Waals surface area contributed by atoms with Crippen LogP contribution in [-0.2, 0) is 17.5 Å². The normalized spacial score (nSPS) is 17.1. The summed E-state index contributed by atoms with van der Waals surface area (Å²) in [4.78, 5) is 25.7. The number of carbonyl (C=O) groups is 1. The first-order valence-electron chi connectivity index (χ1n) is 17.3. The molecule has 2 unspecified atom stereocenters. The van der Waals surface area contributed by atoms with Gasteiger partial charge in [0, 0.05) is 56.6 Å². The van der Waals surface area contributed by atoms with Gasteiger partial charge in [-0.15, -0.1) is 0 Å². The van der Waals surface area contributed by atoms with Crippen LogP contribution in [0.15, 0.2) is 71.9 Å². The maximum atomic E-state index is 13.8. The maximum Gasteiger partial charge on any atom is 0.254 e. The Morgan fingerprint density at radius 2 is 1.78 bits per heavy atom. The maximum absolute atomic E-state index is 13.8. The van der Waals surface area contributed by atoms with Crippen molar-refractivity contribution >= 4 is 34.2 Å². The zero-order chi connectivity index (χ0) is 35.6. The molecule has 50 heavy (non-hydrogen) atoms. The van der Waals surface area contributed by atoms with Gasteiger partial charge in [-0.25, -0.2) is 24.3 Å². The van der Waals surface area contributed by atoms with E-state index in [2.05, 4.69) is 51.4 Å². The molecule has 0 bridgehead atoms. The molecule has 1 aromatic heterocycles. The highest BCUT2D eigenvalue weighted by atomic mass is 32.2. The van der Waals surface area contributed by atoms with Crippen molar-refractivity contribution in [2.45, 2.75) is 70.4 Å². The van der Waals surface area contributed by atoms with E-state index in [0.717, 1.165) is 59.4 Å². The van der Waals surface area contributed by atoms with Crippen molar-refractivity contribution in [1.29, 1.82) is 0 Å². The summed E-state index contributed by atoms with van der Waals surface area (Å²) >= 11 is 0. The Labute approximate surface area is 297 Å². The number of ether oxygens (including phenoxy) is 1. The zero-order valence-corrected chi connectivity index (χ0v) is 30.4. The number of aromatic nitrogens is 2. The molecule has 2 atom stereocenters. The van der Waals surface area contributed by atoms with Gasteiger partial charge in [0.1, 0.15) is 23.3 Å². The Morgan fingerprint density at radius 1 is 1.06 bits per heavy atom. The first-order chi connectivity index (χ1) is 24.0. The number of hydrazine groups is 1. The molecule has 4 aromatic rings. The Bertz CT molecular complexity index is 1880. The van der Waals surface area contributed by atoms with E-state index in [1.54, 1.807) is 17.4 Å². The van der Waals surface area contributed by atoms with Crippen molar-refractivity contribution in [3.63, 3.8) is 0 Å². The van der Waals surface area contributed by atoms with Gasteiger partial charge in [-0.3, -0.25) is 4.79 Å². The number of nitrogens with two attached hydrogens (primary N) is 2. The van der Waals surface area contributed by atoms with Gasteiger partial charge in [-0.2, -0.15) is 0 Å². The lowest BCUT2D eigenvalue weighted by Gasteiger charge is -2.38. The minimum atomic E-state index is -1.39. The third-order valence-corrected chi connectivity index (χ3v) is 11.4. The molecule has 1 fully saturated rings. The van der Waals surface area contributed by atoms with Crippen LogP contribution in [0.4, 0.5) is 17.3 Å². The number of fused-ring (bicyclic) bond motifs is 1. The van der Waals surface area contributed by atoms with E-state index in [0.29, 0.717) is 54.1 Å². The van der Waals surface area contributed by atoms with Crippen LogP contribution < -0.4 is 31.5 Å². The molecule has 5 N–H and O–H groups in total. The van der Waals surface area contributed by atoms with Crippen LogP contribution in [0, 0.1) is 13.8 Å². The molecule has 1 saturated heterocycles. The average molecular weight is 697 g/mol. The summed E-state index contributed by atoms with van der Waals surface area (Å²) in [5, 5.41) is 4.94. The van der Waals surface area contributed by atoms with Gasteiger partial charge >= 0.3 is 0 Å². The summed E-state index contributed by atoms with van der Waals surface area (Å²) in [6.45, 7) is 14.0. The lowest BCUT2D eigenvalue weighted by Crippen LogP contribution is -2.48. The Kier molecular flexibility index (Phi) is 10.4. The number of aryl methyl sites for hydroxylation is 1. The first-order valence-corrected chi connectivity index (χ1v) is 18.4. The second-order valence-electron chi connectivity index (χ2n) is 13.7. The van der Waals surface area contributed by atoms with Crippen LogP contribution in [0.3, 0.4) is 0 Å². The minimum Gasteiger partial charge on any atom is -0.491 e. The van der Waals surface area contributed by atoms with Gasteiger partial charge in [0.2, 0.25) is 5.95 Å².